The first-order chi connectivity index (χ1) is 31.1. The van der Waals surface area contributed by atoms with Gasteiger partial charge in [-0.3, -0.25) is 24.2 Å². The number of rotatable bonds is 15. The molecule has 0 radical (unpaired) electrons. The number of hydrogen-bond donors (Lipinski definition) is 4. The number of aryl methyl sites for hydroxylation is 1. The van der Waals surface area contributed by atoms with Gasteiger partial charge < -0.3 is 44.5 Å². The van der Waals surface area contributed by atoms with Crippen LogP contribution in [0.2, 0.25) is 0 Å². The molecule has 342 valence electrons. The lowest BCUT2D eigenvalue weighted by Gasteiger charge is -2.47. The van der Waals surface area contributed by atoms with E-state index in [4.69, 9.17) is 14.2 Å². The van der Waals surface area contributed by atoms with Crippen LogP contribution in [0.15, 0.2) is 60.7 Å². The van der Waals surface area contributed by atoms with Gasteiger partial charge in [0.15, 0.2) is 12.4 Å². The summed E-state index contributed by atoms with van der Waals surface area (Å²) in [5, 5.41) is 27.5. The molecule has 4 N–H and O–H groups in total. The second-order valence-corrected chi connectivity index (χ2v) is 18.7. The van der Waals surface area contributed by atoms with Gasteiger partial charge in [-0.2, -0.15) is 0 Å². The molecule has 5 heterocycles. The van der Waals surface area contributed by atoms with Crippen molar-refractivity contribution < 1.29 is 38.8 Å². The van der Waals surface area contributed by atoms with Gasteiger partial charge in [0.25, 0.3) is 11.8 Å². The summed E-state index contributed by atoms with van der Waals surface area (Å²) in [4.78, 5) is 45.1. The van der Waals surface area contributed by atoms with Gasteiger partial charge in [-0.15, -0.1) is 0 Å². The SMILES string of the molecule is Cc1ccc2c(c1)cc(C(=O)N1CCOC3(CCN(Cc4cccc(CCOC5CCN(CCNCCc6ccc(O)c7c6OCC(=O)N7)[C@@H]5C(=O)O)c4)CC3)C1)n2C1CCCCC1. The van der Waals surface area contributed by atoms with Crippen LogP contribution in [0.4, 0.5) is 5.69 Å². The normalized spacial score (nSPS) is 21.8. The molecular formula is C50H64N6O8. The molecule has 3 saturated heterocycles. The van der Waals surface area contributed by atoms with Crippen LogP contribution in [0, 0.1) is 6.92 Å². The number of aromatic hydroxyl groups is 1. The van der Waals surface area contributed by atoms with Gasteiger partial charge in [0.05, 0.1) is 31.5 Å². The van der Waals surface area contributed by atoms with Gasteiger partial charge in [-0.05, 0) is 99.4 Å². The first-order valence-corrected chi connectivity index (χ1v) is 23.5. The third-order valence-corrected chi connectivity index (χ3v) is 14.3. The summed E-state index contributed by atoms with van der Waals surface area (Å²) in [7, 11) is 0. The van der Waals surface area contributed by atoms with Crippen LogP contribution in [0.3, 0.4) is 0 Å². The molecule has 4 aliphatic heterocycles. The quantitative estimate of drug-likeness (QED) is 0.0831. The molecule has 4 fully saturated rings. The third-order valence-electron chi connectivity index (χ3n) is 14.3. The van der Waals surface area contributed by atoms with Crippen molar-refractivity contribution in [3.8, 4) is 11.5 Å². The summed E-state index contributed by atoms with van der Waals surface area (Å²) < 4.78 is 20.8. The Hall–Kier alpha value is -4.99. The maximum absolute atomic E-state index is 14.4. The monoisotopic (exact) mass is 876 g/mol. The highest BCUT2D eigenvalue weighted by atomic mass is 16.5. The standard InChI is InChI=1S/C50H64N6O8/c1-34-10-12-40-38(28-34)30-41(56(40)39-8-3-2-4-9-39)48(59)55-25-27-64-50(33-55)17-22-53(23-18-50)31-36-7-5-6-35(29-36)16-26-62-43-15-21-54(46(43)49(60)61)24-20-51-19-14-37-11-13-42(57)45-47(37)63-32-44(58)52-45/h5-7,10-13,28-30,39,43,46,51,57H,2-4,8-9,14-27,31-33H2,1H3,(H,52,58)(H,60,61)/t43?,46-/m0/s1. The summed E-state index contributed by atoms with van der Waals surface area (Å²) in [6.45, 7) is 9.39. The van der Waals surface area contributed by atoms with Crippen molar-refractivity contribution in [3.63, 3.8) is 0 Å². The largest absolute Gasteiger partial charge is 0.506 e. The number of piperidine rings is 1. The number of phenolic OH excluding ortho intramolecular Hbond substituents is 1. The number of phenols is 1. The number of carbonyl (C=O) groups is 3. The van der Waals surface area contributed by atoms with Crippen molar-refractivity contribution in [2.24, 2.45) is 0 Å². The minimum atomic E-state index is -0.866. The lowest BCUT2D eigenvalue weighted by molar-refractivity contribution is -0.146. The van der Waals surface area contributed by atoms with E-state index in [-0.39, 0.29) is 35.9 Å². The Kier molecular flexibility index (Phi) is 13.6. The van der Waals surface area contributed by atoms with Gasteiger partial charge in [-0.1, -0.05) is 61.2 Å². The van der Waals surface area contributed by atoms with Crippen LogP contribution >= 0.6 is 0 Å². The third kappa shape index (κ3) is 9.81. The van der Waals surface area contributed by atoms with Crippen LogP contribution in [0.5, 0.6) is 11.5 Å². The number of aromatic nitrogens is 1. The first kappa shape index (κ1) is 44.2. The second kappa shape index (κ2) is 19.6. The molecule has 1 unspecified atom stereocenters. The number of carbonyl (C=O) groups excluding carboxylic acids is 2. The molecule has 1 spiro atoms. The molecule has 4 aromatic rings. The zero-order chi connectivity index (χ0) is 44.2. The number of aliphatic carboxylic acids is 1. The molecular weight excluding hydrogens is 813 g/mol. The number of amides is 2. The molecule has 64 heavy (non-hydrogen) atoms. The molecule has 2 amide bonds. The summed E-state index contributed by atoms with van der Waals surface area (Å²) in [6.07, 6.45) is 9.33. The highest BCUT2D eigenvalue weighted by molar-refractivity contribution is 5.99. The Balaban J connectivity index is 0.725. The lowest BCUT2D eigenvalue weighted by Crippen LogP contribution is -2.58. The Labute approximate surface area is 375 Å². The van der Waals surface area contributed by atoms with E-state index >= 15 is 0 Å². The number of nitrogens with zero attached hydrogens (tertiary/aromatic N) is 4. The van der Waals surface area contributed by atoms with Crippen LogP contribution in [-0.4, -0.2) is 137 Å². The van der Waals surface area contributed by atoms with Gasteiger partial charge in [0, 0.05) is 62.8 Å². The molecule has 5 aliphatic rings. The number of ether oxygens (including phenoxy) is 3. The van der Waals surface area contributed by atoms with E-state index in [1.54, 1.807) is 12.1 Å². The van der Waals surface area contributed by atoms with E-state index in [0.717, 1.165) is 62.0 Å². The lowest BCUT2D eigenvalue weighted by atomic mass is 9.89. The molecule has 9 rings (SSSR count). The van der Waals surface area contributed by atoms with Crippen LogP contribution < -0.4 is 15.4 Å². The Bertz CT molecular complexity index is 2320. The van der Waals surface area contributed by atoms with Gasteiger partial charge in [0.2, 0.25) is 0 Å². The number of nitrogens with one attached hydrogen (secondary N) is 2. The number of hydrogen-bond acceptors (Lipinski definition) is 10. The first-order valence-electron chi connectivity index (χ1n) is 23.5. The maximum Gasteiger partial charge on any atom is 0.323 e. The smallest absolute Gasteiger partial charge is 0.323 e. The number of carboxylic acids is 1. The molecule has 0 bridgehead atoms. The number of benzene rings is 3. The average molecular weight is 877 g/mol. The van der Waals surface area contributed by atoms with E-state index in [1.807, 2.05) is 4.90 Å². The molecule has 1 aromatic heterocycles. The fraction of sp³-hybridized carbons (Fsp3) is 0.540. The van der Waals surface area contributed by atoms with E-state index in [9.17, 15) is 24.6 Å². The highest BCUT2D eigenvalue weighted by Gasteiger charge is 2.42. The Morgan fingerprint density at radius 3 is 2.59 bits per heavy atom. The second-order valence-electron chi connectivity index (χ2n) is 18.7. The summed E-state index contributed by atoms with van der Waals surface area (Å²) in [5.41, 5.74) is 6.49. The fourth-order valence-corrected chi connectivity index (χ4v) is 10.9. The van der Waals surface area contributed by atoms with Crippen molar-refractivity contribution in [3.05, 3.63) is 88.6 Å². The molecule has 1 saturated carbocycles. The number of carboxylic acid groups (broad SMARTS) is 1. The predicted molar refractivity (Wildman–Crippen MR) is 244 cm³/mol. The zero-order valence-electron chi connectivity index (χ0n) is 37.2. The van der Waals surface area contributed by atoms with E-state index in [0.29, 0.717) is 89.2 Å². The van der Waals surface area contributed by atoms with Crippen molar-refractivity contribution >= 4 is 34.4 Å². The molecule has 1 aliphatic carbocycles. The fourth-order valence-electron chi connectivity index (χ4n) is 10.9. The average Bonchev–Trinajstić information content (AvgIpc) is 3.89. The van der Waals surface area contributed by atoms with Gasteiger partial charge in [0.1, 0.15) is 23.2 Å². The Morgan fingerprint density at radius 2 is 1.77 bits per heavy atom. The van der Waals surface area contributed by atoms with Crippen molar-refractivity contribution in [2.75, 3.05) is 77.5 Å². The highest BCUT2D eigenvalue weighted by Crippen LogP contribution is 2.40. The van der Waals surface area contributed by atoms with Crippen LogP contribution in [0.1, 0.15) is 90.2 Å². The number of fused-ring (bicyclic) bond motifs is 2. The summed E-state index contributed by atoms with van der Waals surface area (Å²) >= 11 is 0. The van der Waals surface area contributed by atoms with Gasteiger partial charge >= 0.3 is 5.97 Å². The van der Waals surface area contributed by atoms with E-state index in [2.05, 4.69) is 80.5 Å². The number of likely N-dealkylation sites (tertiary alicyclic amines) is 2. The van der Waals surface area contributed by atoms with Crippen LogP contribution in [0.25, 0.3) is 10.9 Å². The maximum atomic E-state index is 14.4. The molecule has 2 atom stereocenters. The summed E-state index contributed by atoms with van der Waals surface area (Å²) in [6, 6.07) is 20.4. The van der Waals surface area contributed by atoms with E-state index in [1.165, 1.54) is 41.5 Å². The Morgan fingerprint density at radius 1 is 0.938 bits per heavy atom. The number of anilines is 1. The van der Waals surface area contributed by atoms with Crippen LogP contribution in [-0.2, 0) is 38.4 Å². The van der Waals surface area contributed by atoms with E-state index < -0.39 is 12.0 Å². The zero-order valence-corrected chi connectivity index (χ0v) is 37.2. The van der Waals surface area contributed by atoms with Crippen molar-refractivity contribution in [1.82, 2.24) is 24.6 Å². The minimum Gasteiger partial charge on any atom is -0.506 e. The summed E-state index contributed by atoms with van der Waals surface area (Å²) in [5.74, 6) is -0.567. The number of morpholine rings is 1. The predicted octanol–water partition coefficient (Wildman–Crippen LogP) is 5.92. The molecule has 3 aromatic carbocycles. The van der Waals surface area contributed by atoms with Crippen molar-refractivity contribution in [1.29, 1.82) is 0 Å². The molecule has 14 heteroatoms. The minimum absolute atomic E-state index is 0.0277. The van der Waals surface area contributed by atoms with Gasteiger partial charge in [-0.25, -0.2) is 0 Å². The molecule has 14 nitrogen and oxygen atoms in total. The topological polar surface area (TPSA) is 158 Å². The van der Waals surface area contributed by atoms with Crippen molar-refractivity contribution in [2.45, 2.75) is 101 Å².